The van der Waals surface area contributed by atoms with Gasteiger partial charge in [0.25, 0.3) is 10.0 Å². The van der Waals surface area contributed by atoms with Gasteiger partial charge in [-0.2, -0.15) is 10.5 Å². The van der Waals surface area contributed by atoms with E-state index in [0.717, 1.165) is 11.8 Å². The fourth-order valence-corrected chi connectivity index (χ4v) is 5.85. The number of methoxy groups -OCH3 is 3. The van der Waals surface area contributed by atoms with Crippen LogP contribution in [0.25, 0.3) is 11.1 Å². The average molecular weight is 636 g/mol. The summed E-state index contributed by atoms with van der Waals surface area (Å²) in [6.45, 7) is 1.63. The number of aryl methyl sites for hydroxylation is 1. The number of hydrogen-bond donors (Lipinski definition) is 3. The van der Waals surface area contributed by atoms with Crippen molar-refractivity contribution in [2.75, 3.05) is 42.9 Å². The number of carbonyl (C=O) groups is 1. The number of nitrogens with two attached hydrogens (primary N) is 1. The van der Waals surface area contributed by atoms with Crippen molar-refractivity contribution in [2.24, 2.45) is 0 Å². The largest absolute Gasteiger partial charge is 0.493 e. The number of thioether (sulfide) groups is 1. The molecule has 0 atom stereocenters. The van der Waals surface area contributed by atoms with Crippen molar-refractivity contribution in [2.45, 2.75) is 16.8 Å². The number of rotatable bonds is 11. The van der Waals surface area contributed by atoms with E-state index in [9.17, 15) is 23.7 Å². The van der Waals surface area contributed by atoms with Crippen LogP contribution in [0, 0.1) is 29.6 Å². The van der Waals surface area contributed by atoms with Crippen LogP contribution in [0.4, 0.5) is 17.3 Å². The lowest BCUT2D eigenvalue weighted by Crippen LogP contribution is -2.15. The topological polar surface area (TPSA) is 215 Å². The Morgan fingerprint density at radius 2 is 1.66 bits per heavy atom. The Hall–Kier alpha value is -5.45. The fourth-order valence-electron chi connectivity index (χ4n) is 4.08. The van der Waals surface area contributed by atoms with Gasteiger partial charge in [-0.25, -0.2) is 13.4 Å². The highest BCUT2D eigenvalue weighted by atomic mass is 32.2. The molecule has 1 amide bonds. The molecule has 4 N–H and O–H groups in total. The van der Waals surface area contributed by atoms with Crippen LogP contribution in [0.15, 0.2) is 56.9 Å². The first-order valence-electron chi connectivity index (χ1n) is 12.5. The lowest BCUT2D eigenvalue weighted by molar-refractivity contribution is -0.113. The van der Waals surface area contributed by atoms with Crippen LogP contribution < -0.4 is 30.0 Å². The highest BCUT2D eigenvalue weighted by Gasteiger charge is 2.24. The number of sulfonamides is 1. The Labute approximate surface area is 256 Å². The van der Waals surface area contributed by atoms with Crippen LogP contribution in [0.3, 0.4) is 0 Å². The summed E-state index contributed by atoms with van der Waals surface area (Å²) >= 11 is 0.935. The second-order valence-corrected chi connectivity index (χ2v) is 11.5. The predicted octanol–water partition coefficient (Wildman–Crippen LogP) is 3.93. The molecule has 226 valence electrons. The molecule has 4 rings (SSSR count). The van der Waals surface area contributed by atoms with Crippen molar-refractivity contribution in [3.63, 3.8) is 0 Å². The molecule has 4 aromatic rings. The number of nitrogens with one attached hydrogen (secondary N) is 2. The minimum atomic E-state index is -3.93. The van der Waals surface area contributed by atoms with E-state index in [-0.39, 0.29) is 44.0 Å². The number of nitrogens with zero attached hydrogens (tertiary/aromatic N) is 4. The SMILES string of the molecule is COc1cc(-c2c(C#N)c(N)nc(SCC(=O)Nc3ccc(S(=O)(=O)Nc4cc(C)on4)cc3)c2C#N)cc(OC)c1OC. The van der Waals surface area contributed by atoms with E-state index in [1.807, 2.05) is 6.07 Å². The van der Waals surface area contributed by atoms with Crippen molar-refractivity contribution >= 4 is 45.0 Å². The van der Waals surface area contributed by atoms with Crippen molar-refractivity contribution in [1.82, 2.24) is 10.1 Å². The van der Waals surface area contributed by atoms with Gasteiger partial charge in [0.15, 0.2) is 17.3 Å². The third-order valence-corrected chi connectivity index (χ3v) is 8.37. The molecular weight excluding hydrogens is 610 g/mol. The maximum Gasteiger partial charge on any atom is 0.263 e. The molecule has 0 unspecified atom stereocenters. The number of anilines is 3. The van der Waals surface area contributed by atoms with Crippen molar-refractivity contribution in [1.29, 1.82) is 10.5 Å². The van der Waals surface area contributed by atoms with Crippen LogP contribution in [0.2, 0.25) is 0 Å². The van der Waals surface area contributed by atoms with Gasteiger partial charge in [-0.15, -0.1) is 0 Å². The number of nitriles is 2. The number of benzene rings is 2. The molecule has 0 aliphatic rings. The molecule has 2 aromatic carbocycles. The number of carbonyl (C=O) groups excluding carboxylic acids is 1. The van der Waals surface area contributed by atoms with E-state index in [2.05, 4.69) is 26.2 Å². The Balaban J connectivity index is 1.56. The number of nitrogen functional groups attached to an aromatic ring is 1. The minimum absolute atomic E-state index is 0.0205. The summed E-state index contributed by atoms with van der Waals surface area (Å²) < 4.78 is 48.6. The van der Waals surface area contributed by atoms with E-state index in [1.54, 1.807) is 19.1 Å². The smallest absolute Gasteiger partial charge is 0.263 e. The Kier molecular flexibility index (Phi) is 9.47. The summed E-state index contributed by atoms with van der Waals surface area (Å²) in [5.41, 5.74) is 7.01. The van der Waals surface area contributed by atoms with Crippen LogP contribution in [-0.4, -0.2) is 51.5 Å². The number of hydrogen-bond acceptors (Lipinski definition) is 13. The molecule has 0 aliphatic heterocycles. The van der Waals surface area contributed by atoms with E-state index in [0.29, 0.717) is 34.3 Å². The highest BCUT2D eigenvalue weighted by molar-refractivity contribution is 8.00. The zero-order valence-electron chi connectivity index (χ0n) is 23.8. The molecule has 2 aromatic heterocycles. The van der Waals surface area contributed by atoms with Gasteiger partial charge in [0.1, 0.15) is 34.3 Å². The quantitative estimate of drug-likeness (QED) is 0.199. The zero-order chi connectivity index (χ0) is 32.0. The molecule has 0 fully saturated rings. The van der Waals surface area contributed by atoms with E-state index < -0.39 is 15.9 Å². The van der Waals surface area contributed by atoms with Crippen molar-refractivity contribution in [3.05, 3.63) is 59.4 Å². The summed E-state index contributed by atoms with van der Waals surface area (Å²) in [7, 11) is 0.374. The number of ether oxygens (including phenoxy) is 3. The van der Waals surface area contributed by atoms with Crippen LogP contribution in [0.5, 0.6) is 17.2 Å². The van der Waals surface area contributed by atoms with E-state index in [1.165, 1.54) is 51.7 Å². The van der Waals surface area contributed by atoms with Gasteiger partial charge in [-0.3, -0.25) is 9.52 Å². The Morgan fingerprint density at radius 3 is 2.18 bits per heavy atom. The molecule has 0 saturated carbocycles. The molecule has 44 heavy (non-hydrogen) atoms. The maximum atomic E-state index is 12.8. The van der Waals surface area contributed by atoms with Gasteiger partial charge in [-0.05, 0) is 48.9 Å². The normalized spacial score (nSPS) is 10.8. The zero-order valence-corrected chi connectivity index (χ0v) is 25.4. The molecule has 0 saturated heterocycles. The average Bonchev–Trinajstić information content (AvgIpc) is 3.42. The van der Waals surface area contributed by atoms with Gasteiger partial charge >= 0.3 is 0 Å². The predicted molar refractivity (Wildman–Crippen MR) is 161 cm³/mol. The molecule has 0 radical (unpaired) electrons. The number of pyridine rings is 1. The summed E-state index contributed by atoms with van der Waals surface area (Å²) in [5, 5.41) is 26.4. The summed E-state index contributed by atoms with van der Waals surface area (Å²) in [6, 6.07) is 14.1. The Morgan fingerprint density at radius 1 is 1.02 bits per heavy atom. The van der Waals surface area contributed by atoms with E-state index in [4.69, 9.17) is 24.5 Å². The van der Waals surface area contributed by atoms with Crippen molar-refractivity contribution < 1.29 is 31.9 Å². The van der Waals surface area contributed by atoms with E-state index >= 15 is 0 Å². The van der Waals surface area contributed by atoms with Crippen LogP contribution in [-0.2, 0) is 14.8 Å². The Bertz CT molecular complexity index is 1890. The molecule has 0 spiro atoms. The molecule has 14 nitrogen and oxygen atoms in total. The lowest BCUT2D eigenvalue weighted by atomic mass is 9.96. The van der Waals surface area contributed by atoms with Crippen LogP contribution >= 0.6 is 11.8 Å². The molecular formula is C28H25N7O7S2. The lowest BCUT2D eigenvalue weighted by Gasteiger charge is -2.17. The second kappa shape index (κ2) is 13.2. The fraction of sp³-hybridized carbons (Fsp3) is 0.179. The standard InChI is InChI=1S/C28H25N7O7S2/c1-15-9-23(34-42-15)35-44(37,38)18-7-5-17(6-8-18)32-24(36)14-43-28-20(13-30)25(19(12-29)27(31)33-28)16-10-21(39-2)26(41-4)22(11-16)40-3/h5-11H,14H2,1-4H3,(H2,31,33)(H,32,36)(H,34,35). The summed E-state index contributed by atoms with van der Waals surface area (Å²) in [5.74, 6) is 0.596. The van der Waals surface area contributed by atoms with Crippen molar-refractivity contribution in [3.8, 4) is 40.5 Å². The number of amides is 1. The monoisotopic (exact) mass is 635 g/mol. The molecule has 0 bridgehead atoms. The third-order valence-electron chi connectivity index (χ3n) is 6.02. The van der Waals surface area contributed by atoms with Gasteiger partial charge in [0, 0.05) is 17.3 Å². The van der Waals surface area contributed by atoms with Gasteiger partial charge in [-0.1, -0.05) is 16.9 Å². The highest BCUT2D eigenvalue weighted by Crippen LogP contribution is 2.44. The van der Waals surface area contributed by atoms with Gasteiger partial charge in [0.05, 0.1) is 37.5 Å². The third kappa shape index (κ3) is 6.62. The first-order valence-corrected chi connectivity index (χ1v) is 14.9. The van der Waals surface area contributed by atoms with Gasteiger partial charge in [0.2, 0.25) is 11.7 Å². The second-order valence-electron chi connectivity index (χ2n) is 8.85. The minimum Gasteiger partial charge on any atom is -0.493 e. The molecule has 0 aliphatic carbocycles. The van der Waals surface area contributed by atoms with Gasteiger partial charge < -0.3 is 29.8 Å². The molecule has 16 heteroatoms. The number of aromatic nitrogens is 2. The summed E-state index contributed by atoms with van der Waals surface area (Å²) in [4.78, 5) is 17.0. The molecule has 2 heterocycles. The maximum absolute atomic E-state index is 12.8. The first kappa shape index (κ1) is 31.5. The van der Waals surface area contributed by atoms with Crippen LogP contribution in [0.1, 0.15) is 16.9 Å². The first-order chi connectivity index (χ1) is 21.0. The summed E-state index contributed by atoms with van der Waals surface area (Å²) in [6.07, 6.45) is 0.